The van der Waals surface area contributed by atoms with Crippen molar-refractivity contribution in [2.24, 2.45) is 5.92 Å². The van der Waals surface area contributed by atoms with Crippen LogP contribution in [-0.2, 0) is 10.0 Å². The lowest BCUT2D eigenvalue weighted by atomic mass is 10.3. The zero-order valence-corrected chi connectivity index (χ0v) is 10.6. The predicted octanol–water partition coefficient (Wildman–Crippen LogP) is 0.848. The van der Waals surface area contributed by atoms with Crippen molar-refractivity contribution in [1.82, 2.24) is 10.0 Å². The van der Waals surface area contributed by atoms with Crippen LogP contribution in [0.1, 0.15) is 38.5 Å². The molecule has 0 aromatic rings. The summed E-state index contributed by atoms with van der Waals surface area (Å²) in [5, 5.41) is 3.32. The summed E-state index contributed by atoms with van der Waals surface area (Å²) in [6.45, 7) is 1.46. The highest BCUT2D eigenvalue weighted by Crippen LogP contribution is 2.31. The molecule has 2 aliphatic rings. The summed E-state index contributed by atoms with van der Waals surface area (Å²) in [5.74, 6) is 1.05. The van der Waals surface area contributed by atoms with Gasteiger partial charge in [0.15, 0.2) is 0 Å². The number of nitrogens with one attached hydrogen (secondary N) is 2. The van der Waals surface area contributed by atoms with Crippen molar-refractivity contribution in [1.29, 1.82) is 0 Å². The van der Waals surface area contributed by atoms with E-state index in [1.807, 2.05) is 0 Å². The van der Waals surface area contributed by atoms with Crippen molar-refractivity contribution >= 4 is 10.0 Å². The average molecular weight is 246 g/mol. The minimum Gasteiger partial charge on any atom is -0.314 e. The second kappa shape index (κ2) is 5.47. The molecule has 0 atom stereocenters. The molecule has 2 fully saturated rings. The minimum atomic E-state index is -3.02. The molecule has 94 valence electrons. The van der Waals surface area contributed by atoms with Crippen LogP contribution in [0.4, 0.5) is 0 Å². The maximum absolute atomic E-state index is 11.6. The van der Waals surface area contributed by atoms with Gasteiger partial charge in [-0.2, -0.15) is 0 Å². The normalized spacial score (nSPS) is 21.2. The molecule has 0 bridgehead atoms. The van der Waals surface area contributed by atoms with E-state index < -0.39 is 10.0 Å². The van der Waals surface area contributed by atoms with E-state index in [9.17, 15) is 8.42 Å². The zero-order chi connectivity index (χ0) is 11.4. The van der Waals surface area contributed by atoms with Crippen LogP contribution >= 0.6 is 0 Å². The zero-order valence-electron chi connectivity index (χ0n) is 9.74. The summed E-state index contributed by atoms with van der Waals surface area (Å²) < 4.78 is 25.8. The van der Waals surface area contributed by atoms with E-state index >= 15 is 0 Å². The number of hydrogen-bond donors (Lipinski definition) is 2. The van der Waals surface area contributed by atoms with Gasteiger partial charge in [0.2, 0.25) is 10.0 Å². The number of sulfonamides is 1. The standard InChI is InChI=1S/C11H22N2O2S/c14-16(15,13-8-6-10-2-3-10)9-1-7-12-11-4-5-11/h10-13H,1-9H2. The van der Waals surface area contributed by atoms with Crippen LogP contribution < -0.4 is 10.0 Å². The highest BCUT2D eigenvalue weighted by molar-refractivity contribution is 7.89. The Bertz CT molecular complexity index is 308. The molecular weight excluding hydrogens is 224 g/mol. The van der Waals surface area contributed by atoms with E-state index in [1.165, 1.54) is 25.7 Å². The van der Waals surface area contributed by atoms with Crippen molar-refractivity contribution in [2.45, 2.75) is 44.6 Å². The van der Waals surface area contributed by atoms with E-state index in [0.717, 1.165) is 25.3 Å². The molecule has 2 saturated carbocycles. The van der Waals surface area contributed by atoms with Gasteiger partial charge in [0.05, 0.1) is 5.75 Å². The van der Waals surface area contributed by atoms with E-state index in [2.05, 4.69) is 10.0 Å². The Hall–Kier alpha value is -0.130. The summed E-state index contributed by atoms with van der Waals surface area (Å²) in [6.07, 6.45) is 6.81. The molecule has 2 aliphatic carbocycles. The second-order valence-electron chi connectivity index (χ2n) is 5.03. The summed E-state index contributed by atoms with van der Waals surface area (Å²) in [4.78, 5) is 0. The first-order valence-electron chi connectivity index (χ1n) is 6.36. The molecule has 5 heteroatoms. The monoisotopic (exact) mass is 246 g/mol. The molecular formula is C11H22N2O2S. The molecule has 0 radical (unpaired) electrons. The topological polar surface area (TPSA) is 58.2 Å². The fraction of sp³-hybridized carbons (Fsp3) is 1.00. The van der Waals surface area contributed by atoms with Crippen molar-refractivity contribution in [3.63, 3.8) is 0 Å². The molecule has 0 aromatic carbocycles. The number of hydrogen-bond acceptors (Lipinski definition) is 3. The van der Waals surface area contributed by atoms with Crippen molar-refractivity contribution in [3.05, 3.63) is 0 Å². The summed E-state index contributed by atoms with van der Waals surface area (Å²) in [6, 6.07) is 0.672. The molecule has 4 nitrogen and oxygen atoms in total. The molecule has 0 amide bonds. The van der Waals surface area contributed by atoms with Crippen LogP contribution in [0.15, 0.2) is 0 Å². The van der Waals surface area contributed by atoms with Crippen LogP contribution in [0.3, 0.4) is 0 Å². The van der Waals surface area contributed by atoms with Crippen LogP contribution in [0.25, 0.3) is 0 Å². The third kappa shape index (κ3) is 5.27. The maximum atomic E-state index is 11.6. The first-order chi connectivity index (χ1) is 7.66. The quantitative estimate of drug-likeness (QED) is 0.593. The van der Waals surface area contributed by atoms with Crippen molar-refractivity contribution in [3.8, 4) is 0 Å². The lowest BCUT2D eigenvalue weighted by Gasteiger charge is -2.06. The van der Waals surface area contributed by atoms with E-state index in [0.29, 0.717) is 12.6 Å². The smallest absolute Gasteiger partial charge is 0.211 e. The van der Waals surface area contributed by atoms with Gasteiger partial charge in [0, 0.05) is 12.6 Å². The largest absolute Gasteiger partial charge is 0.314 e. The molecule has 2 N–H and O–H groups in total. The second-order valence-corrected chi connectivity index (χ2v) is 6.95. The van der Waals surface area contributed by atoms with Crippen molar-refractivity contribution < 1.29 is 8.42 Å². The van der Waals surface area contributed by atoms with E-state index in [4.69, 9.17) is 0 Å². The average Bonchev–Trinajstić information content (AvgIpc) is 3.06. The van der Waals surface area contributed by atoms with Gasteiger partial charge in [0.1, 0.15) is 0 Å². The lowest BCUT2D eigenvalue weighted by molar-refractivity contribution is 0.569. The first-order valence-corrected chi connectivity index (χ1v) is 8.02. The van der Waals surface area contributed by atoms with Gasteiger partial charge in [-0.05, 0) is 38.1 Å². The molecule has 0 unspecified atom stereocenters. The third-order valence-electron chi connectivity index (χ3n) is 3.17. The molecule has 2 rings (SSSR count). The van der Waals surface area contributed by atoms with E-state index in [-0.39, 0.29) is 5.75 Å². The first kappa shape index (κ1) is 12.3. The van der Waals surface area contributed by atoms with E-state index in [1.54, 1.807) is 0 Å². The third-order valence-corrected chi connectivity index (χ3v) is 4.64. The van der Waals surface area contributed by atoms with Gasteiger partial charge >= 0.3 is 0 Å². The number of rotatable bonds is 9. The Balaban J connectivity index is 1.50. The molecule has 0 aromatic heterocycles. The van der Waals surface area contributed by atoms with Gasteiger partial charge in [-0.3, -0.25) is 0 Å². The molecule has 0 heterocycles. The Morgan fingerprint density at radius 2 is 1.81 bits per heavy atom. The van der Waals surface area contributed by atoms with Gasteiger partial charge in [0.25, 0.3) is 0 Å². The summed E-state index contributed by atoms with van der Waals surface area (Å²) in [5.41, 5.74) is 0. The predicted molar refractivity (Wildman–Crippen MR) is 64.8 cm³/mol. The molecule has 0 aliphatic heterocycles. The highest BCUT2D eigenvalue weighted by atomic mass is 32.2. The maximum Gasteiger partial charge on any atom is 0.211 e. The Labute approximate surface area is 98.2 Å². The summed E-state index contributed by atoms with van der Waals surface area (Å²) >= 11 is 0. The van der Waals surface area contributed by atoms with Gasteiger partial charge in [-0.1, -0.05) is 12.8 Å². The van der Waals surface area contributed by atoms with Gasteiger partial charge in [-0.25, -0.2) is 13.1 Å². The van der Waals surface area contributed by atoms with Crippen molar-refractivity contribution in [2.75, 3.05) is 18.8 Å². The fourth-order valence-corrected chi connectivity index (χ4v) is 2.85. The SMILES string of the molecule is O=S(=O)(CCCNC1CC1)NCCC1CC1. The van der Waals surface area contributed by atoms with Crippen LogP contribution in [0.5, 0.6) is 0 Å². The highest BCUT2D eigenvalue weighted by Gasteiger charge is 2.22. The Morgan fingerprint density at radius 3 is 2.44 bits per heavy atom. The minimum absolute atomic E-state index is 0.261. The molecule has 16 heavy (non-hydrogen) atoms. The van der Waals surface area contributed by atoms with Crippen LogP contribution in [0.2, 0.25) is 0 Å². The Morgan fingerprint density at radius 1 is 1.06 bits per heavy atom. The van der Waals surface area contributed by atoms with Gasteiger partial charge < -0.3 is 5.32 Å². The lowest BCUT2D eigenvalue weighted by Crippen LogP contribution is -2.29. The van der Waals surface area contributed by atoms with Gasteiger partial charge in [-0.15, -0.1) is 0 Å². The van der Waals surface area contributed by atoms with Crippen LogP contribution in [-0.4, -0.2) is 33.3 Å². The fourth-order valence-electron chi connectivity index (χ4n) is 1.75. The Kier molecular flexibility index (Phi) is 4.21. The summed E-state index contributed by atoms with van der Waals surface area (Å²) in [7, 11) is -3.02. The molecule has 0 spiro atoms. The van der Waals surface area contributed by atoms with Crippen LogP contribution in [0, 0.1) is 5.92 Å². The molecule has 0 saturated heterocycles.